The van der Waals surface area contributed by atoms with Crippen LogP contribution in [-0.2, 0) is 18.0 Å². The summed E-state index contributed by atoms with van der Waals surface area (Å²) in [5.41, 5.74) is 9.06. The van der Waals surface area contributed by atoms with Crippen molar-refractivity contribution in [1.82, 2.24) is 16.4 Å². The van der Waals surface area contributed by atoms with E-state index in [1.807, 2.05) is 0 Å². The second-order valence-electron chi connectivity index (χ2n) is 2.71. The Morgan fingerprint density at radius 1 is 0.833 bits per heavy atom. The van der Waals surface area contributed by atoms with Crippen LogP contribution in [0.3, 0.4) is 0 Å². The summed E-state index contributed by atoms with van der Waals surface area (Å²) in [6.45, 7) is 2.15. The summed E-state index contributed by atoms with van der Waals surface area (Å²) in [4.78, 5) is 0. The van der Waals surface area contributed by atoms with Gasteiger partial charge < -0.3 is 0 Å². The molecule has 1 aliphatic rings. The third-order valence-corrected chi connectivity index (χ3v) is 1.53. The SMILES string of the molecule is C1CCCNNNCC1.[CH3][Pd][CH3]. The van der Waals surface area contributed by atoms with Crippen molar-refractivity contribution in [3.8, 4) is 0 Å². The molecule has 0 spiro atoms. The molecule has 1 rings (SSSR count). The van der Waals surface area contributed by atoms with E-state index in [9.17, 15) is 0 Å². The van der Waals surface area contributed by atoms with E-state index in [1.165, 1.54) is 25.7 Å². The summed E-state index contributed by atoms with van der Waals surface area (Å²) in [5.74, 6) is 0. The minimum atomic E-state index is 0.950. The van der Waals surface area contributed by atoms with Gasteiger partial charge in [0, 0.05) is 13.1 Å². The molecule has 1 heterocycles. The minimum absolute atomic E-state index is 0.950. The zero-order valence-corrected chi connectivity index (χ0v) is 9.61. The molecule has 12 heavy (non-hydrogen) atoms. The van der Waals surface area contributed by atoms with Crippen LogP contribution < -0.4 is 16.4 Å². The van der Waals surface area contributed by atoms with Gasteiger partial charge in [0.25, 0.3) is 0 Å². The van der Waals surface area contributed by atoms with E-state index in [1.54, 1.807) is 0 Å². The Kier molecular flexibility index (Phi) is 12.1. The first-order chi connectivity index (χ1) is 5.91. The van der Waals surface area contributed by atoms with Crippen molar-refractivity contribution in [2.24, 2.45) is 0 Å². The Bertz CT molecular complexity index is 52.2. The molecule has 3 nitrogen and oxygen atoms in total. The van der Waals surface area contributed by atoms with Crippen LogP contribution in [0.15, 0.2) is 0 Å². The Morgan fingerprint density at radius 2 is 1.25 bits per heavy atom. The summed E-state index contributed by atoms with van der Waals surface area (Å²) >= 11 is 0.950. The monoisotopic (exact) mass is 265 g/mol. The molecule has 3 N–H and O–H groups in total. The summed E-state index contributed by atoms with van der Waals surface area (Å²) in [5, 5.41) is 4.35. The first-order valence-electron chi connectivity index (χ1n) is 4.34. The molecule has 1 saturated heterocycles. The van der Waals surface area contributed by atoms with Crippen molar-refractivity contribution in [3.05, 3.63) is 0 Å². The standard InChI is InChI=1S/C6H15N3.2CH3.Pd/c1-2-4-6-8-9-7-5-3-1;;;/h7-9H,1-6H2;2*1H3;. The number of hydrogen-bond acceptors (Lipinski definition) is 3. The fourth-order valence-electron chi connectivity index (χ4n) is 0.968. The van der Waals surface area contributed by atoms with Crippen LogP contribution >= 0.6 is 0 Å². The Hall–Kier alpha value is 0.542. The van der Waals surface area contributed by atoms with Gasteiger partial charge in [-0.1, -0.05) is 12.8 Å². The summed E-state index contributed by atoms with van der Waals surface area (Å²) in [7, 11) is 0. The molecule has 0 aromatic rings. The first-order valence-corrected chi connectivity index (χ1v) is 7.45. The Morgan fingerprint density at radius 3 is 1.67 bits per heavy atom. The predicted octanol–water partition coefficient (Wildman–Crippen LogP) is 1.32. The fourth-order valence-corrected chi connectivity index (χ4v) is 0.968. The second kappa shape index (κ2) is 11.5. The fraction of sp³-hybridized carbons (Fsp3) is 1.00. The zero-order valence-electron chi connectivity index (χ0n) is 8.06. The third-order valence-electron chi connectivity index (χ3n) is 1.53. The van der Waals surface area contributed by atoms with Crippen LogP contribution in [0.2, 0.25) is 10.8 Å². The number of nitrogens with one attached hydrogen (secondary N) is 3. The van der Waals surface area contributed by atoms with Crippen LogP contribution in [-0.4, -0.2) is 13.1 Å². The quantitative estimate of drug-likeness (QED) is 0.578. The van der Waals surface area contributed by atoms with Crippen molar-refractivity contribution in [1.29, 1.82) is 0 Å². The molecule has 0 atom stereocenters. The maximum atomic E-state index is 3.07. The van der Waals surface area contributed by atoms with E-state index in [0.717, 1.165) is 31.1 Å². The molecule has 1 fully saturated rings. The molecule has 0 amide bonds. The summed E-state index contributed by atoms with van der Waals surface area (Å²) < 4.78 is 0. The second-order valence-corrected chi connectivity index (χ2v) is 4.26. The van der Waals surface area contributed by atoms with Gasteiger partial charge >= 0.3 is 28.8 Å². The summed E-state index contributed by atoms with van der Waals surface area (Å²) in [6, 6.07) is 0. The van der Waals surface area contributed by atoms with Crippen molar-refractivity contribution < 1.29 is 18.0 Å². The van der Waals surface area contributed by atoms with E-state index in [-0.39, 0.29) is 0 Å². The van der Waals surface area contributed by atoms with Gasteiger partial charge in [-0.2, -0.15) is 5.53 Å². The van der Waals surface area contributed by atoms with Crippen LogP contribution in [0.5, 0.6) is 0 Å². The van der Waals surface area contributed by atoms with Gasteiger partial charge in [0.2, 0.25) is 0 Å². The molecule has 0 saturated carbocycles. The van der Waals surface area contributed by atoms with Crippen LogP contribution in [0.25, 0.3) is 0 Å². The number of hydrazine groups is 2. The van der Waals surface area contributed by atoms with E-state index < -0.39 is 0 Å². The van der Waals surface area contributed by atoms with Gasteiger partial charge in [-0.15, -0.1) is 0 Å². The normalized spacial score (nSPS) is 19.8. The Labute approximate surface area is 84.2 Å². The molecule has 0 unspecified atom stereocenters. The molecule has 4 heteroatoms. The number of rotatable bonds is 0. The molecule has 0 bridgehead atoms. The van der Waals surface area contributed by atoms with E-state index in [0.29, 0.717) is 0 Å². The van der Waals surface area contributed by atoms with Crippen LogP contribution in [0, 0.1) is 0 Å². The molecular formula is C8H21N3Pd. The average molecular weight is 266 g/mol. The third kappa shape index (κ3) is 10.5. The molecule has 0 aromatic heterocycles. The van der Waals surface area contributed by atoms with Gasteiger partial charge in [-0.25, -0.2) is 10.9 Å². The van der Waals surface area contributed by atoms with Gasteiger partial charge in [0.1, 0.15) is 0 Å². The van der Waals surface area contributed by atoms with E-state index >= 15 is 0 Å². The molecule has 1 aliphatic heterocycles. The van der Waals surface area contributed by atoms with Crippen molar-refractivity contribution in [3.63, 3.8) is 0 Å². The van der Waals surface area contributed by atoms with Gasteiger partial charge in [0.05, 0.1) is 0 Å². The van der Waals surface area contributed by atoms with E-state index in [4.69, 9.17) is 0 Å². The maximum absolute atomic E-state index is 3.07. The molecular weight excluding hydrogens is 245 g/mol. The molecule has 78 valence electrons. The van der Waals surface area contributed by atoms with E-state index in [2.05, 4.69) is 27.2 Å². The van der Waals surface area contributed by atoms with Gasteiger partial charge in [0.15, 0.2) is 0 Å². The van der Waals surface area contributed by atoms with Crippen LogP contribution in [0.4, 0.5) is 0 Å². The average Bonchev–Trinajstić information content (AvgIpc) is 2.19. The molecule has 0 radical (unpaired) electrons. The van der Waals surface area contributed by atoms with Crippen molar-refractivity contribution in [2.45, 2.75) is 36.5 Å². The first kappa shape index (κ1) is 12.5. The van der Waals surface area contributed by atoms with Gasteiger partial charge in [-0.3, -0.25) is 0 Å². The Balaban J connectivity index is 0.000000354. The molecule has 0 aliphatic carbocycles. The molecule has 0 aromatic carbocycles. The summed E-state index contributed by atoms with van der Waals surface area (Å²) in [6.07, 6.45) is 5.29. The topological polar surface area (TPSA) is 36.1 Å². The van der Waals surface area contributed by atoms with Gasteiger partial charge in [-0.05, 0) is 12.8 Å². The number of hydrogen-bond donors (Lipinski definition) is 3. The predicted molar refractivity (Wildman–Crippen MR) is 49.3 cm³/mol. The van der Waals surface area contributed by atoms with Crippen molar-refractivity contribution in [2.75, 3.05) is 13.1 Å². The van der Waals surface area contributed by atoms with Crippen molar-refractivity contribution >= 4 is 0 Å². The zero-order chi connectivity index (χ0) is 9.07. The van der Waals surface area contributed by atoms with Crippen LogP contribution in [0.1, 0.15) is 25.7 Å².